The summed E-state index contributed by atoms with van der Waals surface area (Å²) in [6, 6.07) is 10.4. The van der Waals surface area contributed by atoms with E-state index in [9.17, 15) is 0 Å². The van der Waals surface area contributed by atoms with Gasteiger partial charge in [0.2, 0.25) is 0 Å². The first-order valence-corrected chi connectivity index (χ1v) is 7.29. The van der Waals surface area contributed by atoms with Crippen LogP contribution in [0.5, 0.6) is 5.75 Å². The average molecular weight is 351 g/mol. The van der Waals surface area contributed by atoms with E-state index in [0.29, 0.717) is 25.8 Å². The van der Waals surface area contributed by atoms with Crippen molar-refractivity contribution in [3.05, 3.63) is 62.1 Å². The predicted octanol–water partition coefficient (Wildman–Crippen LogP) is 5.38. The lowest BCUT2D eigenvalue weighted by Crippen LogP contribution is -2.18. The molecule has 2 aromatic rings. The van der Waals surface area contributed by atoms with Crippen LogP contribution in [0.2, 0.25) is 20.1 Å². The monoisotopic (exact) mass is 349 g/mol. The molecule has 1 unspecified atom stereocenters. The summed E-state index contributed by atoms with van der Waals surface area (Å²) < 4.78 is 5.81. The maximum Gasteiger partial charge on any atom is 0.140 e. The fraction of sp³-hybridized carbons (Fsp3) is 0.143. The third-order valence-corrected chi connectivity index (χ3v) is 3.93. The molecular formula is C14H11Cl4NO. The molecule has 6 heteroatoms. The summed E-state index contributed by atoms with van der Waals surface area (Å²) in [6.45, 7) is 0.275. The van der Waals surface area contributed by atoms with Gasteiger partial charge in [0.05, 0.1) is 15.1 Å². The highest BCUT2D eigenvalue weighted by Gasteiger charge is 2.15. The molecule has 0 saturated carbocycles. The molecule has 0 aliphatic carbocycles. The molecule has 0 spiro atoms. The van der Waals surface area contributed by atoms with Crippen molar-refractivity contribution in [3.63, 3.8) is 0 Å². The van der Waals surface area contributed by atoms with Gasteiger partial charge in [0.1, 0.15) is 11.9 Å². The summed E-state index contributed by atoms with van der Waals surface area (Å²) >= 11 is 23.9. The minimum atomic E-state index is -0.372. The first kappa shape index (κ1) is 15.7. The lowest BCUT2D eigenvalue weighted by Gasteiger charge is -2.19. The van der Waals surface area contributed by atoms with Crippen LogP contribution < -0.4 is 10.5 Å². The molecule has 0 radical (unpaired) electrons. The first-order chi connectivity index (χ1) is 9.51. The Morgan fingerprint density at radius 3 is 2.30 bits per heavy atom. The van der Waals surface area contributed by atoms with Crippen molar-refractivity contribution in [1.82, 2.24) is 0 Å². The average Bonchev–Trinajstić information content (AvgIpc) is 2.41. The van der Waals surface area contributed by atoms with E-state index in [2.05, 4.69) is 0 Å². The second-order valence-corrected chi connectivity index (χ2v) is 5.75. The van der Waals surface area contributed by atoms with Gasteiger partial charge >= 0.3 is 0 Å². The van der Waals surface area contributed by atoms with Gasteiger partial charge in [-0.2, -0.15) is 0 Å². The van der Waals surface area contributed by atoms with Gasteiger partial charge in [-0.1, -0.05) is 58.5 Å². The Hall–Kier alpha value is -0.640. The number of ether oxygens (including phenoxy) is 1. The number of hydrogen-bond donors (Lipinski definition) is 1. The van der Waals surface area contributed by atoms with Gasteiger partial charge in [0.15, 0.2) is 0 Å². The SMILES string of the molecule is NCC(Oc1cc(Cl)c(Cl)cc1Cl)c1cccc(Cl)c1. The highest BCUT2D eigenvalue weighted by atomic mass is 35.5. The summed E-state index contributed by atoms with van der Waals surface area (Å²) in [5.74, 6) is 0.427. The Balaban J connectivity index is 2.29. The first-order valence-electron chi connectivity index (χ1n) is 5.78. The summed E-state index contributed by atoms with van der Waals surface area (Å²) in [4.78, 5) is 0. The zero-order valence-electron chi connectivity index (χ0n) is 10.2. The normalized spacial score (nSPS) is 12.2. The van der Waals surface area contributed by atoms with Crippen molar-refractivity contribution in [2.24, 2.45) is 5.73 Å². The van der Waals surface area contributed by atoms with E-state index in [1.165, 1.54) is 6.07 Å². The van der Waals surface area contributed by atoms with Gasteiger partial charge in [-0.05, 0) is 23.8 Å². The number of hydrogen-bond acceptors (Lipinski definition) is 2. The maximum atomic E-state index is 6.09. The molecule has 2 nitrogen and oxygen atoms in total. The lowest BCUT2D eigenvalue weighted by molar-refractivity contribution is 0.214. The second-order valence-electron chi connectivity index (χ2n) is 4.09. The topological polar surface area (TPSA) is 35.2 Å². The van der Waals surface area contributed by atoms with Gasteiger partial charge in [0.25, 0.3) is 0 Å². The molecule has 106 valence electrons. The third-order valence-electron chi connectivity index (χ3n) is 2.68. The molecule has 0 amide bonds. The van der Waals surface area contributed by atoms with Crippen molar-refractivity contribution in [1.29, 1.82) is 0 Å². The van der Waals surface area contributed by atoms with E-state index in [-0.39, 0.29) is 12.6 Å². The zero-order valence-corrected chi connectivity index (χ0v) is 13.3. The van der Waals surface area contributed by atoms with Crippen LogP contribution in [-0.4, -0.2) is 6.54 Å². The molecule has 0 heterocycles. The Labute approximate surface area is 137 Å². The van der Waals surface area contributed by atoms with Crippen LogP contribution in [0, 0.1) is 0 Å². The molecule has 0 bridgehead atoms. The van der Waals surface area contributed by atoms with Gasteiger partial charge in [-0.25, -0.2) is 0 Å². The molecule has 2 aromatic carbocycles. The summed E-state index contributed by atoms with van der Waals surface area (Å²) in [5.41, 5.74) is 6.61. The molecule has 0 aromatic heterocycles. The Bertz CT molecular complexity index is 618. The number of benzene rings is 2. The van der Waals surface area contributed by atoms with Crippen LogP contribution in [0.4, 0.5) is 0 Å². The van der Waals surface area contributed by atoms with Crippen LogP contribution in [0.15, 0.2) is 36.4 Å². The minimum absolute atomic E-state index is 0.275. The molecule has 2 N–H and O–H groups in total. The standard InChI is InChI=1S/C14H11Cl4NO/c15-9-3-1-2-8(4-9)14(7-19)20-13-6-11(17)10(16)5-12(13)18/h1-6,14H,7,19H2. The van der Waals surface area contributed by atoms with Crippen LogP contribution in [-0.2, 0) is 0 Å². The van der Waals surface area contributed by atoms with Crippen molar-refractivity contribution in [2.45, 2.75) is 6.10 Å². The Morgan fingerprint density at radius 1 is 0.950 bits per heavy atom. The highest BCUT2D eigenvalue weighted by Crippen LogP contribution is 2.36. The molecule has 0 aliphatic heterocycles. The van der Waals surface area contributed by atoms with Crippen LogP contribution >= 0.6 is 46.4 Å². The molecule has 2 rings (SSSR count). The van der Waals surface area contributed by atoms with Crippen LogP contribution in [0.3, 0.4) is 0 Å². The Morgan fingerprint density at radius 2 is 1.65 bits per heavy atom. The van der Waals surface area contributed by atoms with Gasteiger partial charge in [-0.15, -0.1) is 0 Å². The quantitative estimate of drug-likeness (QED) is 0.751. The maximum absolute atomic E-state index is 6.09. The van der Waals surface area contributed by atoms with E-state index in [1.807, 2.05) is 12.1 Å². The van der Waals surface area contributed by atoms with Gasteiger partial charge in [-0.3, -0.25) is 0 Å². The van der Waals surface area contributed by atoms with Crippen LogP contribution in [0.1, 0.15) is 11.7 Å². The number of rotatable bonds is 4. The molecule has 1 atom stereocenters. The number of halogens is 4. The molecule has 0 aliphatic rings. The predicted molar refractivity (Wildman–Crippen MR) is 85.3 cm³/mol. The molecule has 0 fully saturated rings. The van der Waals surface area contributed by atoms with Crippen molar-refractivity contribution >= 4 is 46.4 Å². The zero-order chi connectivity index (χ0) is 14.7. The second kappa shape index (κ2) is 6.88. The van der Waals surface area contributed by atoms with Crippen molar-refractivity contribution < 1.29 is 4.74 Å². The van der Waals surface area contributed by atoms with Crippen LogP contribution in [0.25, 0.3) is 0 Å². The molecule has 0 saturated heterocycles. The van der Waals surface area contributed by atoms with Gasteiger partial charge in [0, 0.05) is 17.6 Å². The minimum Gasteiger partial charge on any atom is -0.483 e. The number of nitrogens with two attached hydrogens (primary N) is 1. The van der Waals surface area contributed by atoms with E-state index in [0.717, 1.165) is 5.56 Å². The molecular weight excluding hydrogens is 340 g/mol. The largest absolute Gasteiger partial charge is 0.483 e. The summed E-state index contributed by atoms with van der Waals surface area (Å²) in [6.07, 6.45) is -0.372. The van der Waals surface area contributed by atoms with E-state index >= 15 is 0 Å². The Kier molecular flexibility index (Phi) is 5.42. The smallest absolute Gasteiger partial charge is 0.140 e. The van der Waals surface area contributed by atoms with Crippen molar-refractivity contribution in [3.8, 4) is 5.75 Å². The lowest BCUT2D eigenvalue weighted by atomic mass is 10.1. The van der Waals surface area contributed by atoms with Gasteiger partial charge < -0.3 is 10.5 Å². The highest BCUT2D eigenvalue weighted by molar-refractivity contribution is 6.43. The fourth-order valence-corrected chi connectivity index (χ4v) is 2.49. The fourth-order valence-electron chi connectivity index (χ4n) is 1.71. The van der Waals surface area contributed by atoms with Crippen molar-refractivity contribution in [2.75, 3.05) is 6.54 Å². The summed E-state index contributed by atoms with van der Waals surface area (Å²) in [7, 11) is 0. The third kappa shape index (κ3) is 3.72. The van der Waals surface area contributed by atoms with E-state index < -0.39 is 0 Å². The van der Waals surface area contributed by atoms with E-state index in [1.54, 1.807) is 18.2 Å². The summed E-state index contributed by atoms with van der Waals surface area (Å²) in [5, 5.41) is 1.73. The molecule has 20 heavy (non-hydrogen) atoms. The van der Waals surface area contributed by atoms with E-state index in [4.69, 9.17) is 56.9 Å².